The summed E-state index contributed by atoms with van der Waals surface area (Å²) in [4.78, 5) is 11.1. The number of carbonyl (C=O) groups is 1. The Morgan fingerprint density at radius 3 is 2.77 bits per heavy atom. The molecule has 68 valence electrons. The van der Waals surface area contributed by atoms with Gasteiger partial charge in [0.1, 0.15) is 0 Å². The van der Waals surface area contributed by atoms with Crippen molar-refractivity contribution in [3.05, 3.63) is 26.6 Å². The predicted octanol–water partition coefficient (Wildman–Crippen LogP) is 3.10. The third kappa shape index (κ3) is 1.65. The number of benzene rings is 1. The average Bonchev–Trinajstić information content (AvgIpc) is 2.12. The van der Waals surface area contributed by atoms with Crippen LogP contribution in [-0.2, 0) is 11.2 Å². The second kappa shape index (κ2) is 3.42. The number of amides is 1. The zero-order valence-electron chi connectivity index (χ0n) is 6.73. The highest BCUT2D eigenvalue weighted by molar-refractivity contribution is 9.13. The van der Waals surface area contributed by atoms with Crippen LogP contribution in [0.1, 0.15) is 12.0 Å². The van der Waals surface area contributed by atoms with Crippen LogP contribution in [0.2, 0.25) is 0 Å². The third-order valence-electron chi connectivity index (χ3n) is 2.07. The van der Waals surface area contributed by atoms with Crippen molar-refractivity contribution < 1.29 is 4.79 Å². The maximum atomic E-state index is 11.1. The topological polar surface area (TPSA) is 29.1 Å². The van der Waals surface area contributed by atoms with Crippen LogP contribution in [-0.4, -0.2) is 5.91 Å². The van der Waals surface area contributed by atoms with Crippen LogP contribution >= 0.6 is 31.9 Å². The van der Waals surface area contributed by atoms with Gasteiger partial charge in [-0.1, -0.05) is 0 Å². The Hall–Kier alpha value is -0.350. The molecule has 0 saturated carbocycles. The van der Waals surface area contributed by atoms with Gasteiger partial charge in [-0.15, -0.1) is 0 Å². The number of fused-ring (bicyclic) bond motifs is 1. The first-order valence-electron chi connectivity index (χ1n) is 3.95. The lowest BCUT2D eigenvalue weighted by atomic mass is 10.0. The molecule has 1 aromatic carbocycles. The van der Waals surface area contributed by atoms with E-state index in [1.807, 2.05) is 12.1 Å². The molecule has 0 aliphatic carbocycles. The number of rotatable bonds is 0. The second-order valence-corrected chi connectivity index (χ2v) is 4.58. The summed E-state index contributed by atoms with van der Waals surface area (Å²) >= 11 is 6.92. The van der Waals surface area contributed by atoms with Crippen LogP contribution in [0, 0.1) is 0 Å². The van der Waals surface area contributed by atoms with Crippen LogP contribution < -0.4 is 5.32 Å². The molecule has 2 nitrogen and oxygen atoms in total. The molecule has 0 atom stereocenters. The van der Waals surface area contributed by atoms with Gasteiger partial charge in [0.2, 0.25) is 5.91 Å². The van der Waals surface area contributed by atoms with E-state index in [1.165, 1.54) is 5.56 Å². The molecule has 0 aromatic heterocycles. The lowest BCUT2D eigenvalue weighted by molar-refractivity contribution is -0.116. The van der Waals surface area contributed by atoms with Crippen molar-refractivity contribution in [2.45, 2.75) is 12.8 Å². The monoisotopic (exact) mass is 303 g/mol. The molecular formula is C9H7Br2NO. The summed E-state index contributed by atoms with van der Waals surface area (Å²) in [6.07, 6.45) is 1.38. The lowest BCUT2D eigenvalue weighted by Gasteiger charge is -2.18. The molecule has 1 aromatic rings. The van der Waals surface area contributed by atoms with E-state index in [0.717, 1.165) is 21.1 Å². The Kier molecular flexibility index (Phi) is 2.43. The highest BCUT2D eigenvalue weighted by Gasteiger charge is 2.17. The van der Waals surface area contributed by atoms with Crippen molar-refractivity contribution in [2.75, 3.05) is 5.32 Å². The summed E-state index contributed by atoms with van der Waals surface area (Å²) in [5, 5.41) is 2.84. The van der Waals surface area contributed by atoms with Gasteiger partial charge < -0.3 is 5.32 Å². The molecule has 0 fully saturated rings. The maximum absolute atomic E-state index is 11.1. The van der Waals surface area contributed by atoms with E-state index in [4.69, 9.17) is 0 Å². The fourth-order valence-corrected chi connectivity index (χ4v) is 2.32. The van der Waals surface area contributed by atoms with Gasteiger partial charge >= 0.3 is 0 Å². The predicted molar refractivity (Wildman–Crippen MR) is 58.8 cm³/mol. The van der Waals surface area contributed by atoms with Gasteiger partial charge in [-0.3, -0.25) is 4.79 Å². The molecule has 2 rings (SSSR count). The Bertz CT molecular complexity index is 376. The second-order valence-electron chi connectivity index (χ2n) is 2.94. The number of halogens is 2. The first-order chi connectivity index (χ1) is 6.18. The van der Waals surface area contributed by atoms with Crippen molar-refractivity contribution in [2.24, 2.45) is 0 Å². The number of carbonyl (C=O) groups excluding carboxylic acids is 1. The quantitative estimate of drug-likeness (QED) is 0.784. The molecule has 0 unspecified atom stereocenters. The molecule has 0 saturated heterocycles. The molecule has 1 aliphatic heterocycles. The molecule has 0 radical (unpaired) electrons. The van der Waals surface area contributed by atoms with E-state index in [9.17, 15) is 4.79 Å². The molecule has 0 bridgehead atoms. The zero-order chi connectivity index (χ0) is 9.42. The minimum Gasteiger partial charge on any atom is -0.326 e. The molecule has 0 spiro atoms. The van der Waals surface area contributed by atoms with Gasteiger partial charge in [-0.05, 0) is 56.0 Å². The smallest absolute Gasteiger partial charge is 0.224 e. The van der Waals surface area contributed by atoms with E-state index in [1.54, 1.807) is 0 Å². The summed E-state index contributed by atoms with van der Waals surface area (Å²) < 4.78 is 2.08. The van der Waals surface area contributed by atoms with E-state index in [-0.39, 0.29) is 5.91 Å². The van der Waals surface area contributed by atoms with E-state index < -0.39 is 0 Å². The Balaban J connectivity index is 2.53. The highest BCUT2D eigenvalue weighted by atomic mass is 79.9. The van der Waals surface area contributed by atoms with Crippen LogP contribution in [0.3, 0.4) is 0 Å². The SMILES string of the molecule is O=C1CCc2c(ccc(Br)c2Br)N1. The van der Waals surface area contributed by atoms with E-state index in [0.29, 0.717) is 6.42 Å². The van der Waals surface area contributed by atoms with Crippen LogP contribution in [0.25, 0.3) is 0 Å². The normalized spacial score (nSPS) is 15.1. The van der Waals surface area contributed by atoms with Crippen molar-refractivity contribution in [3.63, 3.8) is 0 Å². The standard InChI is InChI=1S/C9H7Br2NO/c10-6-2-3-7-5(9(6)11)1-4-8(13)12-7/h2-3H,1,4H2,(H,12,13). The Morgan fingerprint density at radius 2 is 2.00 bits per heavy atom. The van der Waals surface area contributed by atoms with Crippen molar-refractivity contribution in [1.29, 1.82) is 0 Å². The minimum absolute atomic E-state index is 0.0988. The lowest BCUT2D eigenvalue weighted by Crippen LogP contribution is -2.19. The first kappa shape index (κ1) is 9.21. The van der Waals surface area contributed by atoms with Crippen molar-refractivity contribution >= 4 is 43.5 Å². The van der Waals surface area contributed by atoms with Gasteiger partial charge in [-0.25, -0.2) is 0 Å². The maximum Gasteiger partial charge on any atom is 0.224 e. The highest BCUT2D eigenvalue weighted by Crippen LogP contribution is 2.34. The van der Waals surface area contributed by atoms with Crippen molar-refractivity contribution in [3.8, 4) is 0 Å². The largest absolute Gasteiger partial charge is 0.326 e. The Labute approximate surface area is 93.0 Å². The number of anilines is 1. The molecular weight excluding hydrogens is 298 g/mol. The van der Waals surface area contributed by atoms with E-state index in [2.05, 4.69) is 37.2 Å². The van der Waals surface area contributed by atoms with Gasteiger partial charge in [0, 0.05) is 21.1 Å². The molecule has 1 N–H and O–H groups in total. The molecule has 13 heavy (non-hydrogen) atoms. The summed E-state index contributed by atoms with van der Waals surface area (Å²) in [6.45, 7) is 0. The van der Waals surface area contributed by atoms with Crippen LogP contribution in [0.15, 0.2) is 21.1 Å². The Morgan fingerprint density at radius 1 is 1.23 bits per heavy atom. The third-order valence-corrected chi connectivity index (χ3v) is 4.17. The number of nitrogens with one attached hydrogen (secondary N) is 1. The summed E-state index contributed by atoms with van der Waals surface area (Å²) in [5.41, 5.74) is 2.10. The van der Waals surface area contributed by atoms with Crippen LogP contribution in [0.4, 0.5) is 5.69 Å². The van der Waals surface area contributed by atoms with Crippen molar-refractivity contribution in [1.82, 2.24) is 0 Å². The minimum atomic E-state index is 0.0988. The average molecular weight is 305 g/mol. The summed E-state index contributed by atoms with van der Waals surface area (Å²) in [7, 11) is 0. The summed E-state index contributed by atoms with van der Waals surface area (Å²) in [6, 6.07) is 3.84. The molecule has 1 aliphatic rings. The van der Waals surface area contributed by atoms with Gasteiger partial charge in [0.15, 0.2) is 0 Å². The molecule has 1 heterocycles. The van der Waals surface area contributed by atoms with Gasteiger partial charge in [0.05, 0.1) is 0 Å². The number of hydrogen-bond acceptors (Lipinski definition) is 1. The zero-order valence-corrected chi connectivity index (χ0v) is 9.91. The molecule has 4 heteroatoms. The molecule has 1 amide bonds. The summed E-state index contributed by atoms with van der Waals surface area (Å²) in [5.74, 6) is 0.0988. The van der Waals surface area contributed by atoms with E-state index >= 15 is 0 Å². The fraction of sp³-hybridized carbons (Fsp3) is 0.222. The number of hydrogen-bond donors (Lipinski definition) is 1. The fourth-order valence-electron chi connectivity index (χ4n) is 1.41. The van der Waals surface area contributed by atoms with Gasteiger partial charge in [-0.2, -0.15) is 0 Å². The van der Waals surface area contributed by atoms with Gasteiger partial charge in [0.25, 0.3) is 0 Å². The van der Waals surface area contributed by atoms with Crippen LogP contribution in [0.5, 0.6) is 0 Å². The first-order valence-corrected chi connectivity index (χ1v) is 5.54.